The predicted octanol–water partition coefficient (Wildman–Crippen LogP) is 17.6. The quantitative estimate of drug-likeness (QED) is 0.154. The SMILES string of the molecule is CC(C)(C)c1cc(-c2cc(-c3cccc(F)c3)ccn2)[c-]c(-c2cccc3c2nc(-c2cc(C(C)(C)C)cc(-c4ccccc4-c4ccccc4)c2O)n3-c2ccc(C(C)(C)C)cc2-c2ccccc2)c1.[Pt]. The van der Waals surface area contributed by atoms with Crippen molar-refractivity contribution in [1.82, 2.24) is 14.5 Å². The van der Waals surface area contributed by atoms with E-state index in [9.17, 15) is 9.50 Å². The van der Waals surface area contributed by atoms with E-state index in [1.807, 2.05) is 30.3 Å². The molecule has 4 nitrogen and oxygen atoms in total. The summed E-state index contributed by atoms with van der Waals surface area (Å²) >= 11 is 0. The molecule has 0 aliphatic rings. The summed E-state index contributed by atoms with van der Waals surface area (Å²) in [5, 5.41) is 13.1. The molecule has 1 N–H and O–H groups in total. The van der Waals surface area contributed by atoms with E-state index < -0.39 is 0 Å². The van der Waals surface area contributed by atoms with Gasteiger partial charge in [-0.2, -0.15) is 0 Å². The van der Waals surface area contributed by atoms with Crippen LogP contribution in [0, 0.1) is 11.9 Å². The molecule has 0 radical (unpaired) electrons. The molecule has 0 unspecified atom stereocenters. The number of hydrogen-bond acceptors (Lipinski definition) is 3. The summed E-state index contributed by atoms with van der Waals surface area (Å²) in [6, 6.07) is 65.4. The Kier molecular flexibility index (Phi) is 13.4. The van der Waals surface area contributed by atoms with Gasteiger partial charge in [-0.25, -0.2) is 9.37 Å². The molecule has 6 heteroatoms. The number of nitrogens with zero attached hydrogens (tertiary/aromatic N) is 3. The Morgan fingerprint density at radius 1 is 0.458 bits per heavy atom. The van der Waals surface area contributed by atoms with Crippen molar-refractivity contribution in [1.29, 1.82) is 0 Å². The van der Waals surface area contributed by atoms with Crippen molar-refractivity contribution in [3.8, 4) is 89.7 Å². The smallest absolute Gasteiger partial charge is 0.148 e. The van der Waals surface area contributed by atoms with Gasteiger partial charge in [0.2, 0.25) is 0 Å². The minimum atomic E-state index is -0.288. The Bertz CT molecular complexity index is 3610. The first-order valence-corrected chi connectivity index (χ1v) is 24.5. The summed E-state index contributed by atoms with van der Waals surface area (Å²) in [6.07, 6.45) is 1.78. The van der Waals surface area contributed by atoms with Crippen LogP contribution >= 0.6 is 0 Å². The normalized spacial score (nSPS) is 12.0. The zero-order valence-electron chi connectivity index (χ0n) is 42.4. The Hall–Kier alpha value is -7.20. The van der Waals surface area contributed by atoms with Crippen molar-refractivity contribution in [2.45, 2.75) is 78.6 Å². The molecule has 72 heavy (non-hydrogen) atoms. The predicted molar refractivity (Wildman–Crippen MR) is 293 cm³/mol. The summed E-state index contributed by atoms with van der Waals surface area (Å²) in [4.78, 5) is 10.6. The van der Waals surface area contributed by atoms with E-state index in [1.165, 1.54) is 11.6 Å². The van der Waals surface area contributed by atoms with E-state index in [2.05, 4.69) is 206 Å². The van der Waals surface area contributed by atoms with Gasteiger partial charge in [0.1, 0.15) is 17.4 Å². The molecule has 0 fully saturated rings. The van der Waals surface area contributed by atoms with Crippen LogP contribution in [0.2, 0.25) is 0 Å². The van der Waals surface area contributed by atoms with E-state index in [1.54, 1.807) is 18.3 Å². The Balaban J connectivity index is 0.00000640. The van der Waals surface area contributed by atoms with E-state index in [-0.39, 0.29) is 48.9 Å². The number of aromatic hydroxyl groups is 1. The van der Waals surface area contributed by atoms with Gasteiger partial charge in [-0.15, -0.1) is 29.3 Å². The standard InChI is InChI=1S/C66H59FN3O.Pt/c1-64(2,3)48-30-31-59(55(39-48)43-22-14-11-15-23-43)70-60-29-19-28-53(46-34-47(36-49(35-46)65(4,5)6)58-38-45(32-33-68-58)44-24-18-25-51(67)37-44)61(60)69-63(70)57-41-50(66(7,8)9)40-56(62(57)71)54-27-17-16-26-52(54)42-20-12-10-13-21-42;/h10-33,35-41,71H,1-9H3;/q-1;. The number of halogens is 1. The second-order valence-electron chi connectivity index (χ2n) is 21.8. The van der Waals surface area contributed by atoms with Gasteiger partial charge in [-0.05, 0) is 109 Å². The minimum Gasteiger partial charge on any atom is -0.507 e. The second kappa shape index (κ2) is 19.4. The zero-order chi connectivity index (χ0) is 49.8. The molecule has 0 aliphatic carbocycles. The van der Waals surface area contributed by atoms with Crippen LogP contribution in [0.25, 0.3) is 95.0 Å². The van der Waals surface area contributed by atoms with Crippen LogP contribution in [-0.2, 0) is 37.3 Å². The third kappa shape index (κ3) is 9.75. The van der Waals surface area contributed by atoms with Gasteiger partial charge in [0.15, 0.2) is 0 Å². The Morgan fingerprint density at radius 2 is 1.00 bits per heavy atom. The van der Waals surface area contributed by atoms with E-state index in [0.717, 1.165) is 94.7 Å². The first kappa shape index (κ1) is 49.8. The molecule has 0 saturated carbocycles. The fraction of sp³-hybridized carbons (Fsp3) is 0.182. The van der Waals surface area contributed by atoms with Gasteiger partial charge < -0.3 is 5.11 Å². The number of phenols is 1. The number of para-hydroxylation sites is 1. The summed E-state index contributed by atoms with van der Waals surface area (Å²) in [5.74, 6) is 0.482. The largest absolute Gasteiger partial charge is 0.507 e. The van der Waals surface area contributed by atoms with Crippen molar-refractivity contribution in [2.24, 2.45) is 0 Å². The van der Waals surface area contributed by atoms with Gasteiger partial charge in [-0.3, -0.25) is 9.55 Å². The fourth-order valence-electron chi connectivity index (χ4n) is 9.53. The van der Waals surface area contributed by atoms with Crippen molar-refractivity contribution in [2.75, 3.05) is 0 Å². The molecule has 2 heterocycles. The number of hydrogen-bond donors (Lipinski definition) is 1. The maximum absolute atomic E-state index is 14.5. The molecule has 0 spiro atoms. The molecule has 0 amide bonds. The van der Waals surface area contributed by atoms with Gasteiger partial charge in [0.25, 0.3) is 0 Å². The maximum Gasteiger partial charge on any atom is 0.148 e. The molecule has 10 rings (SSSR count). The van der Waals surface area contributed by atoms with Crippen LogP contribution < -0.4 is 0 Å². The molecular formula is C66H59FN3OPt-. The molecule has 10 aromatic rings. The summed E-state index contributed by atoms with van der Waals surface area (Å²) < 4.78 is 16.7. The average molecular weight is 1120 g/mol. The molecule has 362 valence electrons. The topological polar surface area (TPSA) is 50.9 Å². The summed E-state index contributed by atoms with van der Waals surface area (Å²) in [5.41, 5.74) is 16.8. The number of imidazole rings is 1. The van der Waals surface area contributed by atoms with Gasteiger partial charge in [0, 0.05) is 44.1 Å². The number of pyridine rings is 1. The minimum absolute atomic E-state index is 0. The fourth-order valence-corrected chi connectivity index (χ4v) is 9.53. The first-order chi connectivity index (χ1) is 33.9. The van der Waals surface area contributed by atoms with E-state index in [4.69, 9.17) is 9.97 Å². The molecule has 0 aliphatic heterocycles. The van der Waals surface area contributed by atoms with Gasteiger partial charge in [0.05, 0.1) is 22.3 Å². The van der Waals surface area contributed by atoms with Crippen LogP contribution in [0.4, 0.5) is 4.39 Å². The molecule has 2 aromatic heterocycles. The van der Waals surface area contributed by atoms with Crippen molar-refractivity contribution in [3.05, 3.63) is 217 Å². The Morgan fingerprint density at radius 3 is 1.67 bits per heavy atom. The number of benzene rings is 8. The van der Waals surface area contributed by atoms with Crippen molar-refractivity contribution < 1.29 is 30.6 Å². The summed E-state index contributed by atoms with van der Waals surface area (Å²) in [7, 11) is 0. The monoisotopic (exact) mass is 1120 g/mol. The van der Waals surface area contributed by atoms with Crippen molar-refractivity contribution in [3.63, 3.8) is 0 Å². The zero-order valence-corrected chi connectivity index (χ0v) is 44.7. The number of aromatic nitrogens is 3. The van der Waals surface area contributed by atoms with Crippen LogP contribution in [0.15, 0.2) is 188 Å². The molecule has 0 bridgehead atoms. The van der Waals surface area contributed by atoms with Gasteiger partial charge >= 0.3 is 0 Å². The van der Waals surface area contributed by atoms with E-state index in [0.29, 0.717) is 11.4 Å². The average Bonchev–Trinajstić information content (AvgIpc) is 3.75. The molecule has 0 saturated heterocycles. The second-order valence-corrected chi connectivity index (χ2v) is 21.8. The van der Waals surface area contributed by atoms with Gasteiger partial charge in [-0.1, -0.05) is 195 Å². The van der Waals surface area contributed by atoms with Crippen LogP contribution in [-0.4, -0.2) is 19.6 Å². The van der Waals surface area contributed by atoms with E-state index >= 15 is 0 Å². The third-order valence-electron chi connectivity index (χ3n) is 13.6. The number of fused-ring (bicyclic) bond motifs is 1. The number of phenolic OH excluding ortho intramolecular Hbond substituents is 1. The number of rotatable bonds is 8. The third-order valence-corrected chi connectivity index (χ3v) is 13.6. The molecular weight excluding hydrogens is 1060 g/mol. The van der Waals surface area contributed by atoms with Crippen molar-refractivity contribution >= 4 is 11.0 Å². The van der Waals surface area contributed by atoms with Crippen LogP contribution in [0.1, 0.15) is 79.0 Å². The molecule has 0 atom stereocenters. The Labute approximate surface area is 438 Å². The van der Waals surface area contributed by atoms with Crippen LogP contribution in [0.5, 0.6) is 5.75 Å². The van der Waals surface area contributed by atoms with Crippen LogP contribution in [0.3, 0.4) is 0 Å². The maximum atomic E-state index is 14.5. The molecule has 8 aromatic carbocycles. The first-order valence-electron chi connectivity index (χ1n) is 24.5. The summed E-state index contributed by atoms with van der Waals surface area (Å²) in [6.45, 7) is 20.0.